The first-order chi connectivity index (χ1) is 13.1. The van der Waals surface area contributed by atoms with E-state index in [4.69, 9.17) is 0 Å². The molecule has 1 aliphatic rings. The van der Waals surface area contributed by atoms with Gasteiger partial charge in [-0.1, -0.05) is 17.7 Å². The quantitative estimate of drug-likeness (QED) is 0.765. The summed E-state index contributed by atoms with van der Waals surface area (Å²) >= 11 is 0. The monoisotopic (exact) mass is 363 g/mol. The maximum absolute atomic E-state index is 12.7. The molecule has 3 aromatic rings. The van der Waals surface area contributed by atoms with Crippen molar-refractivity contribution in [2.24, 2.45) is 5.92 Å². The molecule has 1 atom stereocenters. The number of aryl methyl sites for hydroxylation is 2. The molecule has 27 heavy (non-hydrogen) atoms. The average molecular weight is 363 g/mol. The number of carbonyl (C=O) groups excluding carboxylic acids is 1. The normalized spacial score (nSPS) is 17.3. The number of pyridine rings is 1. The van der Waals surface area contributed by atoms with Crippen LogP contribution in [0.1, 0.15) is 24.0 Å². The van der Waals surface area contributed by atoms with Crippen LogP contribution < -0.4 is 5.32 Å². The van der Waals surface area contributed by atoms with E-state index in [-0.39, 0.29) is 6.03 Å². The number of hydrogen-bond acceptors (Lipinski definition) is 3. The third-order valence-corrected chi connectivity index (χ3v) is 5.26. The second kappa shape index (κ2) is 7.39. The molecule has 1 aliphatic heterocycles. The molecule has 1 aromatic carbocycles. The summed E-state index contributed by atoms with van der Waals surface area (Å²) in [5.74, 6) is 0.406. The number of fused-ring (bicyclic) bond motifs is 1. The van der Waals surface area contributed by atoms with Crippen LogP contribution in [-0.4, -0.2) is 38.6 Å². The number of aromatic nitrogens is 3. The zero-order valence-electron chi connectivity index (χ0n) is 15.9. The Morgan fingerprint density at radius 3 is 3.00 bits per heavy atom. The third kappa shape index (κ3) is 3.79. The van der Waals surface area contributed by atoms with E-state index in [0.29, 0.717) is 5.92 Å². The van der Waals surface area contributed by atoms with Crippen molar-refractivity contribution in [3.8, 4) is 0 Å². The number of hydrogen-bond donors (Lipinski definition) is 1. The fraction of sp³-hybridized carbons (Fsp3) is 0.381. The molecule has 0 saturated carbocycles. The molecule has 0 bridgehead atoms. The van der Waals surface area contributed by atoms with Crippen LogP contribution in [0.4, 0.5) is 10.5 Å². The summed E-state index contributed by atoms with van der Waals surface area (Å²) < 4.78 is 2.10. The topological polar surface area (TPSA) is 63.1 Å². The summed E-state index contributed by atoms with van der Waals surface area (Å²) in [7, 11) is 0. The van der Waals surface area contributed by atoms with Gasteiger partial charge >= 0.3 is 6.03 Å². The Morgan fingerprint density at radius 2 is 2.15 bits per heavy atom. The number of amides is 2. The minimum Gasteiger partial charge on any atom is -0.324 e. The number of piperidine rings is 1. The van der Waals surface area contributed by atoms with Gasteiger partial charge in [0, 0.05) is 31.5 Å². The second-order valence-electron chi connectivity index (χ2n) is 7.45. The first-order valence-electron chi connectivity index (χ1n) is 9.49. The molecule has 140 valence electrons. The molecule has 2 amide bonds. The van der Waals surface area contributed by atoms with E-state index >= 15 is 0 Å². The number of urea groups is 1. The lowest BCUT2D eigenvalue weighted by molar-refractivity contribution is 0.171. The molecule has 1 saturated heterocycles. The van der Waals surface area contributed by atoms with Crippen LogP contribution in [-0.2, 0) is 6.54 Å². The maximum Gasteiger partial charge on any atom is 0.321 e. The minimum absolute atomic E-state index is 0.0136. The van der Waals surface area contributed by atoms with Crippen molar-refractivity contribution in [3.05, 3.63) is 54.0 Å². The molecule has 0 radical (unpaired) electrons. The fourth-order valence-corrected chi connectivity index (χ4v) is 3.86. The van der Waals surface area contributed by atoms with Crippen molar-refractivity contribution in [3.63, 3.8) is 0 Å². The molecule has 3 heterocycles. The van der Waals surface area contributed by atoms with Crippen molar-refractivity contribution < 1.29 is 4.79 Å². The van der Waals surface area contributed by atoms with Gasteiger partial charge in [-0.05, 0) is 56.4 Å². The summed E-state index contributed by atoms with van der Waals surface area (Å²) in [6, 6.07) is 9.96. The van der Waals surface area contributed by atoms with E-state index < -0.39 is 0 Å². The molecular formula is C21H25N5O. The van der Waals surface area contributed by atoms with Crippen LogP contribution in [0.2, 0.25) is 0 Å². The summed E-state index contributed by atoms with van der Waals surface area (Å²) in [6.07, 6.45) is 5.78. The highest BCUT2D eigenvalue weighted by atomic mass is 16.2. The van der Waals surface area contributed by atoms with E-state index in [1.54, 1.807) is 6.20 Å². The van der Waals surface area contributed by atoms with Crippen LogP contribution in [0.15, 0.2) is 42.9 Å². The number of likely N-dealkylation sites (tertiary alicyclic amines) is 1. The van der Waals surface area contributed by atoms with Crippen molar-refractivity contribution in [1.29, 1.82) is 0 Å². The van der Waals surface area contributed by atoms with Crippen LogP contribution in [0.3, 0.4) is 0 Å². The first kappa shape index (κ1) is 17.5. The molecule has 0 aliphatic carbocycles. The zero-order chi connectivity index (χ0) is 18.8. The summed E-state index contributed by atoms with van der Waals surface area (Å²) in [6.45, 7) is 6.47. The lowest BCUT2D eigenvalue weighted by Gasteiger charge is -2.33. The van der Waals surface area contributed by atoms with Crippen LogP contribution in [0.25, 0.3) is 11.2 Å². The highest BCUT2D eigenvalue weighted by Crippen LogP contribution is 2.22. The smallest absolute Gasteiger partial charge is 0.321 e. The van der Waals surface area contributed by atoms with E-state index in [2.05, 4.69) is 32.8 Å². The average Bonchev–Trinajstić information content (AvgIpc) is 3.07. The third-order valence-electron chi connectivity index (χ3n) is 5.26. The summed E-state index contributed by atoms with van der Waals surface area (Å²) in [5.41, 5.74) is 5.00. The number of anilines is 1. The lowest BCUT2D eigenvalue weighted by atomic mass is 9.98. The van der Waals surface area contributed by atoms with Crippen molar-refractivity contribution in [2.75, 3.05) is 18.4 Å². The highest BCUT2D eigenvalue weighted by Gasteiger charge is 2.24. The molecule has 4 rings (SSSR count). The van der Waals surface area contributed by atoms with Crippen LogP contribution in [0.5, 0.6) is 0 Å². The van der Waals surface area contributed by atoms with Gasteiger partial charge in [-0.2, -0.15) is 0 Å². The number of carbonyl (C=O) groups is 1. The van der Waals surface area contributed by atoms with Crippen molar-refractivity contribution >= 4 is 22.9 Å². The summed E-state index contributed by atoms with van der Waals surface area (Å²) in [5, 5.41) is 3.07. The largest absolute Gasteiger partial charge is 0.324 e. The Kier molecular flexibility index (Phi) is 4.79. The van der Waals surface area contributed by atoms with Crippen LogP contribution >= 0.6 is 0 Å². The number of imidazole rings is 1. The van der Waals surface area contributed by atoms with Gasteiger partial charge in [-0.25, -0.2) is 14.8 Å². The van der Waals surface area contributed by atoms with Crippen LogP contribution in [0, 0.1) is 19.8 Å². The number of nitrogens with one attached hydrogen (secondary N) is 1. The van der Waals surface area contributed by atoms with E-state index in [0.717, 1.165) is 54.9 Å². The lowest BCUT2D eigenvalue weighted by Crippen LogP contribution is -2.43. The number of nitrogens with zero attached hydrogens (tertiary/aromatic N) is 4. The highest BCUT2D eigenvalue weighted by molar-refractivity contribution is 5.90. The molecule has 6 nitrogen and oxygen atoms in total. The molecule has 1 fully saturated rings. The maximum atomic E-state index is 12.7. The summed E-state index contributed by atoms with van der Waals surface area (Å²) in [4.78, 5) is 23.5. The van der Waals surface area contributed by atoms with Gasteiger partial charge in [0.1, 0.15) is 5.52 Å². The standard InChI is InChI=1S/C21H25N5O/c1-15-7-8-18(16(2)11-15)24-21(27)25-10-4-5-17(12-25)13-26-14-23-19-6-3-9-22-20(19)26/h3,6-9,11,14,17H,4-5,10,12-13H2,1-2H3,(H,24,27). The molecule has 6 heteroatoms. The molecular weight excluding hydrogens is 338 g/mol. The molecule has 0 spiro atoms. The van der Waals surface area contributed by atoms with Gasteiger partial charge in [-0.3, -0.25) is 0 Å². The van der Waals surface area contributed by atoms with E-state index in [1.807, 2.05) is 42.4 Å². The Bertz CT molecular complexity index is 964. The van der Waals surface area contributed by atoms with Gasteiger partial charge in [0.2, 0.25) is 0 Å². The minimum atomic E-state index is -0.0136. The van der Waals surface area contributed by atoms with Gasteiger partial charge in [0.25, 0.3) is 0 Å². The molecule has 2 aromatic heterocycles. The van der Waals surface area contributed by atoms with E-state index in [1.165, 1.54) is 5.56 Å². The Labute approximate surface area is 159 Å². The number of rotatable bonds is 3. The molecule has 1 unspecified atom stereocenters. The Hall–Kier alpha value is -2.89. The van der Waals surface area contributed by atoms with Gasteiger partial charge in [-0.15, -0.1) is 0 Å². The van der Waals surface area contributed by atoms with Crippen molar-refractivity contribution in [1.82, 2.24) is 19.4 Å². The van der Waals surface area contributed by atoms with Gasteiger partial charge in [0.15, 0.2) is 5.65 Å². The van der Waals surface area contributed by atoms with E-state index in [9.17, 15) is 4.79 Å². The van der Waals surface area contributed by atoms with Crippen molar-refractivity contribution in [2.45, 2.75) is 33.2 Å². The Morgan fingerprint density at radius 1 is 1.26 bits per heavy atom. The SMILES string of the molecule is Cc1ccc(NC(=O)N2CCCC(Cn3cnc4cccnc43)C2)c(C)c1. The second-order valence-corrected chi connectivity index (χ2v) is 7.45. The first-order valence-corrected chi connectivity index (χ1v) is 9.49. The number of benzene rings is 1. The van der Waals surface area contributed by atoms with Gasteiger partial charge in [0.05, 0.1) is 6.33 Å². The molecule has 1 N–H and O–H groups in total. The predicted octanol–water partition coefficient (Wildman–Crippen LogP) is 3.99. The zero-order valence-corrected chi connectivity index (χ0v) is 15.9. The van der Waals surface area contributed by atoms with Gasteiger partial charge < -0.3 is 14.8 Å². The Balaban J connectivity index is 1.42. The fourth-order valence-electron chi connectivity index (χ4n) is 3.86. The predicted molar refractivity (Wildman–Crippen MR) is 107 cm³/mol.